The molecule has 29 heavy (non-hydrogen) atoms. The molecule has 4 rings (SSSR count). The summed E-state index contributed by atoms with van der Waals surface area (Å²) in [5.74, 6) is -0.0817. The molecule has 2 aromatic carbocycles. The van der Waals surface area contributed by atoms with E-state index in [1.807, 2.05) is 37.3 Å². The van der Waals surface area contributed by atoms with Gasteiger partial charge in [0.05, 0.1) is 17.8 Å². The zero-order chi connectivity index (χ0) is 20.5. The molecule has 2 heterocycles. The van der Waals surface area contributed by atoms with Crippen molar-refractivity contribution in [1.82, 2.24) is 19.1 Å². The third-order valence-corrected chi connectivity index (χ3v) is 5.59. The van der Waals surface area contributed by atoms with Crippen LogP contribution >= 0.6 is 34.7 Å². The van der Waals surface area contributed by atoms with Crippen LogP contribution in [0.25, 0.3) is 27.8 Å². The monoisotopic (exact) mass is 444 g/mol. The normalized spacial score (nSPS) is 10.9. The first kappa shape index (κ1) is 19.6. The van der Waals surface area contributed by atoms with Gasteiger partial charge in [-0.3, -0.25) is 0 Å². The van der Waals surface area contributed by atoms with Crippen LogP contribution in [0.5, 0.6) is 0 Å². The van der Waals surface area contributed by atoms with E-state index in [4.69, 9.17) is 27.9 Å². The van der Waals surface area contributed by atoms with Crippen LogP contribution in [0.2, 0.25) is 10.0 Å². The molecule has 0 spiro atoms. The lowest BCUT2D eigenvalue weighted by Crippen LogP contribution is -2.05. The van der Waals surface area contributed by atoms with Crippen LogP contribution in [-0.4, -0.2) is 32.2 Å². The van der Waals surface area contributed by atoms with Crippen molar-refractivity contribution in [2.75, 3.05) is 7.11 Å². The Hall–Kier alpha value is -2.74. The van der Waals surface area contributed by atoms with Crippen molar-refractivity contribution in [3.05, 3.63) is 69.8 Å². The standard InChI is InChI=1S/C20H14Cl2N4O2S/c1-11-6-5-7-12(10-11)18-23-19(29-25-18)17-15(22)16(20(27)28-2)24-26(17)14-9-4-3-8-13(14)21/h3-10H,1-2H3. The summed E-state index contributed by atoms with van der Waals surface area (Å²) in [5.41, 5.74) is 2.97. The number of nitrogens with zero attached hydrogens (tertiary/aromatic N) is 4. The van der Waals surface area contributed by atoms with Crippen LogP contribution in [0.4, 0.5) is 0 Å². The highest BCUT2D eigenvalue weighted by molar-refractivity contribution is 7.09. The number of hydrogen-bond acceptors (Lipinski definition) is 6. The number of hydrogen-bond donors (Lipinski definition) is 0. The van der Waals surface area contributed by atoms with E-state index in [1.54, 1.807) is 18.2 Å². The van der Waals surface area contributed by atoms with Gasteiger partial charge in [-0.05, 0) is 36.7 Å². The second-order valence-electron chi connectivity index (χ2n) is 6.16. The van der Waals surface area contributed by atoms with Crippen molar-refractivity contribution < 1.29 is 9.53 Å². The number of ether oxygens (including phenoxy) is 1. The first-order valence-corrected chi connectivity index (χ1v) is 10.1. The van der Waals surface area contributed by atoms with E-state index in [9.17, 15) is 4.79 Å². The fraction of sp³-hybridized carbons (Fsp3) is 0.100. The minimum absolute atomic E-state index is 0.0172. The number of aryl methyl sites for hydroxylation is 1. The molecule has 0 unspecified atom stereocenters. The Morgan fingerprint density at radius 1 is 1.14 bits per heavy atom. The fourth-order valence-corrected chi connectivity index (χ4v) is 4.11. The van der Waals surface area contributed by atoms with E-state index in [0.717, 1.165) is 22.7 Å². The molecule has 0 bridgehead atoms. The SMILES string of the molecule is COC(=O)c1nn(-c2ccccc2Cl)c(-c2nc(-c3cccc(C)c3)ns2)c1Cl. The molecule has 0 atom stereocenters. The molecule has 0 saturated heterocycles. The number of carbonyl (C=O) groups excluding carboxylic acids is 1. The number of rotatable bonds is 4. The zero-order valence-corrected chi connectivity index (χ0v) is 17.7. The Balaban J connectivity index is 1.90. The molecule has 0 fully saturated rings. The van der Waals surface area contributed by atoms with Crippen LogP contribution in [0, 0.1) is 6.92 Å². The van der Waals surface area contributed by atoms with Gasteiger partial charge in [0.25, 0.3) is 0 Å². The first-order valence-electron chi connectivity index (χ1n) is 8.52. The highest BCUT2D eigenvalue weighted by Gasteiger charge is 2.27. The van der Waals surface area contributed by atoms with E-state index in [0.29, 0.717) is 27.2 Å². The Labute approximate surface area is 180 Å². The molecule has 0 aliphatic heterocycles. The second-order valence-corrected chi connectivity index (χ2v) is 7.70. The molecular formula is C20H14Cl2N4O2S. The molecule has 0 aliphatic rings. The third-order valence-electron chi connectivity index (χ3n) is 4.19. The molecule has 0 aliphatic carbocycles. The molecule has 6 nitrogen and oxygen atoms in total. The average Bonchev–Trinajstić information content (AvgIpc) is 3.32. The van der Waals surface area contributed by atoms with Gasteiger partial charge in [0.15, 0.2) is 16.5 Å². The summed E-state index contributed by atoms with van der Waals surface area (Å²) in [6.45, 7) is 2.00. The number of para-hydroxylation sites is 1. The topological polar surface area (TPSA) is 69.9 Å². The predicted octanol–water partition coefficient (Wildman–Crippen LogP) is 5.46. The van der Waals surface area contributed by atoms with Crippen LogP contribution in [0.3, 0.4) is 0 Å². The zero-order valence-electron chi connectivity index (χ0n) is 15.4. The Bertz CT molecular complexity index is 1220. The highest BCUT2D eigenvalue weighted by atomic mass is 35.5. The van der Waals surface area contributed by atoms with Gasteiger partial charge in [-0.2, -0.15) is 9.47 Å². The van der Waals surface area contributed by atoms with Gasteiger partial charge in [0.2, 0.25) is 0 Å². The lowest BCUT2D eigenvalue weighted by molar-refractivity contribution is 0.0593. The summed E-state index contributed by atoms with van der Waals surface area (Å²) in [6, 6.07) is 15.0. The summed E-state index contributed by atoms with van der Waals surface area (Å²) in [5, 5.41) is 5.44. The van der Waals surface area contributed by atoms with Gasteiger partial charge >= 0.3 is 5.97 Å². The molecule has 0 amide bonds. The summed E-state index contributed by atoms with van der Waals surface area (Å²) in [6.07, 6.45) is 0. The molecule has 9 heteroatoms. The van der Waals surface area contributed by atoms with Crippen molar-refractivity contribution in [3.8, 4) is 27.8 Å². The maximum absolute atomic E-state index is 12.2. The molecule has 4 aromatic rings. The highest BCUT2D eigenvalue weighted by Crippen LogP contribution is 2.37. The van der Waals surface area contributed by atoms with Gasteiger partial charge in [-0.15, -0.1) is 0 Å². The van der Waals surface area contributed by atoms with E-state index < -0.39 is 5.97 Å². The molecule has 2 aromatic heterocycles. The molecule has 0 radical (unpaired) electrons. The number of methoxy groups -OCH3 is 1. The third kappa shape index (κ3) is 3.64. The number of esters is 1. The molecule has 0 N–H and O–H groups in total. The predicted molar refractivity (Wildman–Crippen MR) is 114 cm³/mol. The van der Waals surface area contributed by atoms with Crippen molar-refractivity contribution in [2.45, 2.75) is 6.92 Å². The maximum atomic E-state index is 12.2. The number of benzene rings is 2. The van der Waals surface area contributed by atoms with E-state index in [2.05, 4.69) is 14.5 Å². The fourth-order valence-electron chi connectivity index (χ4n) is 2.83. The van der Waals surface area contributed by atoms with Crippen molar-refractivity contribution in [1.29, 1.82) is 0 Å². The molecule has 0 saturated carbocycles. The Morgan fingerprint density at radius 2 is 1.93 bits per heavy atom. The van der Waals surface area contributed by atoms with E-state index in [1.165, 1.54) is 11.8 Å². The lowest BCUT2D eigenvalue weighted by atomic mass is 10.1. The Kier molecular flexibility index (Phi) is 5.36. The van der Waals surface area contributed by atoms with Crippen LogP contribution in [0.1, 0.15) is 16.1 Å². The molecule has 146 valence electrons. The number of aromatic nitrogens is 4. The van der Waals surface area contributed by atoms with Gasteiger partial charge in [-0.25, -0.2) is 14.5 Å². The van der Waals surface area contributed by atoms with Gasteiger partial charge in [-0.1, -0.05) is 59.1 Å². The minimum atomic E-state index is -0.648. The summed E-state index contributed by atoms with van der Waals surface area (Å²) in [7, 11) is 1.27. The van der Waals surface area contributed by atoms with Gasteiger partial charge in [0, 0.05) is 5.56 Å². The van der Waals surface area contributed by atoms with E-state index >= 15 is 0 Å². The first-order chi connectivity index (χ1) is 14.0. The smallest absolute Gasteiger partial charge is 0.360 e. The van der Waals surface area contributed by atoms with Crippen molar-refractivity contribution in [3.63, 3.8) is 0 Å². The number of carbonyl (C=O) groups is 1. The Morgan fingerprint density at radius 3 is 2.66 bits per heavy atom. The average molecular weight is 445 g/mol. The number of halogens is 2. The van der Waals surface area contributed by atoms with Gasteiger partial charge in [0.1, 0.15) is 10.7 Å². The van der Waals surface area contributed by atoms with Crippen molar-refractivity contribution >= 4 is 40.7 Å². The van der Waals surface area contributed by atoms with Crippen LogP contribution in [0.15, 0.2) is 48.5 Å². The second kappa shape index (κ2) is 7.94. The van der Waals surface area contributed by atoms with Crippen LogP contribution < -0.4 is 0 Å². The van der Waals surface area contributed by atoms with Gasteiger partial charge < -0.3 is 4.74 Å². The van der Waals surface area contributed by atoms with E-state index in [-0.39, 0.29) is 10.7 Å². The van der Waals surface area contributed by atoms with Crippen LogP contribution in [-0.2, 0) is 4.74 Å². The molecular weight excluding hydrogens is 431 g/mol. The minimum Gasteiger partial charge on any atom is -0.464 e. The quantitative estimate of drug-likeness (QED) is 0.390. The lowest BCUT2D eigenvalue weighted by Gasteiger charge is -2.07. The summed E-state index contributed by atoms with van der Waals surface area (Å²) < 4.78 is 10.8. The maximum Gasteiger partial charge on any atom is 0.360 e. The summed E-state index contributed by atoms with van der Waals surface area (Å²) >= 11 is 14.1. The summed E-state index contributed by atoms with van der Waals surface area (Å²) in [4.78, 5) is 16.8. The largest absolute Gasteiger partial charge is 0.464 e. The van der Waals surface area contributed by atoms with Crippen molar-refractivity contribution in [2.24, 2.45) is 0 Å².